The van der Waals surface area contributed by atoms with Gasteiger partial charge in [0.15, 0.2) is 0 Å². The molecule has 0 saturated heterocycles. The first-order chi connectivity index (χ1) is 9.19. The molecule has 2 aromatic rings. The van der Waals surface area contributed by atoms with E-state index >= 15 is 0 Å². The Hall–Kier alpha value is -1.38. The van der Waals surface area contributed by atoms with Gasteiger partial charge in [-0.25, -0.2) is 0 Å². The van der Waals surface area contributed by atoms with Gasteiger partial charge in [-0.05, 0) is 37.6 Å². The van der Waals surface area contributed by atoms with Gasteiger partial charge in [-0.3, -0.25) is 4.98 Å². The number of nitrogens with one attached hydrogen (secondary N) is 1. The number of aryl methyl sites for hydroxylation is 1. The second kappa shape index (κ2) is 6.69. The zero-order chi connectivity index (χ0) is 13.7. The van der Waals surface area contributed by atoms with E-state index in [0.29, 0.717) is 5.02 Å². The Bertz CT molecular complexity index is 523. The summed E-state index contributed by atoms with van der Waals surface area (Å²) in [5.74, 6) is 0. The van der Waals surface area contributed by atoms with Crippen molar-refractivity contribution in [3.63, 3.8) is 0 Å². The van der Waals surface area contributed by atoms with E-state index in [-0.39, 0.29) is 6.04 Å². The average molecular weight is 275 g/mol. The van der Waals surface area contributed by atoms with E-state index in [1.807, 2.05) is 12.1 Å². The van der Waals surface area contributed by atoms with Crippen LogP contribution in [-0.4, -0.2) is 11.5 Å². The van der Waals surface area contributed by atoms with Gasteiger partial charge in [-0.1, -0.05) is 48.4 Å². The molecule has 0 aliphatic carbocycles. The number of pyridine rings is 1. The summed E-state index contributed by atoms with van der Waals surface area (Å²) in [6, 6.07) is 12.7. The van der Waals surface area contributed by atoms with Gasteiger partial charge in [0.25, 0.3) is 0 Å². The normalized spacial score (nSPS) is 12.4. The summed E-state index contributed by atoms with van der Waals surface area (Å²) in [7, 11) is 0. The lowest BCUT2D eigenvalue weighted by Gasteiger charge is -2.17. The molecular formula is C16H19ClN2. The summed E-state index contributed by atoms with van der Waals surface area (Å²) < 4.78 is 0. The maximum atomic E-state index is 5.89. The summed E-state index contributed by atoms with van der Waals surface area (Å²) >= 11 is 5.89. The summed E-state index contributed by atoms with van der Waals surface area (Å²) in [5.41, 5.74) is 3.65. The Morgan fingerprint density at radius 1 is 1.26 bits per heavy atom. The highest BCUT2D eigenvalue weighted by atomic mass is 35.5. The van der Waals surface area contributed by atoms with Crippen LogP contribution in [0.5, 0.6) is 0 Å². The number of hydrogen-bond acceptors (Lipinski definition) is 2. The topological polar surface area (TPSA) is 24.9 Å². The molecule has 0 spiro atoms. The maximum Gasteiger partial charge on any atom is 0.0589 e. The van der Waals surface area contributed by atoms with Crippen LogP contribution in [0.1, 0.15) is 29.8 Å². The van der Waals surface area contributed by atoms with Crippen LogP contribution in [0.15, 0.2) is 42.6 Å². The molecule has 2 rings (SSSR count). The van der Waals surface area contributed by atoms with Crippen molar-refractivity contribution >= 4 is 11.6 Å². The first kappa shape index (κ1) is 14.0. The molecule has 0 aliphatic rings. The Labute approximate surface area is 119 Å². The number of halogens is 1. The number of aromatic nitrogens is 1. The van der Waals surface area contributed by atoms with Crippen LogP contribution < -0.4 is 5.32 Å². The molecule has 0 aliphatic heterocycles. The van der Waals surface area contributed by atoms with E-state index in [2.05, 4.69) is 48.4 Å². The van der Waals surface area contributed by atoms with Crippen LogP contribution in [0, 0.1) is 6.92 Å². The monoisotopic (exact) mass is 274 g/mol. The number of benzene rings is 1. The number of nitrogens with zero attached hydrogens (tertiary/aromatic N) is 1. The van der Waals surface area contributed by atoms with E-state index in [0.717, 1.165) is 18.7 Å². The second-order valence-corrected chi connectivity index (χ2v) is 5.14. The second-order valence-electron chi connectivity index (χ2n) is 4.70. The first-order valence-electron chi connectivity index (χ1n) is 6.59. The molecular weight excluding hydrogens is 256 g/mol. The van der Waals surface area contributed by atoms with Crippen molar-refractivity contribution < 1.29 is 0 Å². The van der Waals surface area contributed by atoms with Gasteiger partial charge in [0, 0.05) is 6.20 Å². The molecule has 3 heteroatoms. The Kier molecular flexibility index (Phi) is 4.94. The third-order valence-corrected chi connectivity index (χ3v) is 3.30. The van der Waals surface area contributed by atoms with Gasteiger partial charge >= 0.3 is 0 Å². The van der Waals surface area contributed by atoms with Crippen molar-refractivity contribution in [2.45, 2.75) is 26.3 Å². The van der Waals surface area contributed by atoms with Gasteiger partial charge < -0.3 is 5.32 Å². The largest absolute Gasteiger partial charge is 0.309 e. The van der Waals surface area contributed by atoms with E-state index < -0.39 is 0 Å². The van der Waals surface area contributed by atoms with Gasteiger partial charge in [0.05, 0.1) is 16.8 Å². The quantitative estimate of drug-likeness (QED) is 0.893. The van der Waals surface area contributed by atoms with E-state index in [9.17, 15) is 0 Å². The minimum Gasteiger partial charge on any atom is -0.309 e. The SMILES string of the molecule is CCNC(Cc1cccc(C)c1)c1ccc(Cl)cn1. The molecule has 2 nitrogen and oxygen atoms in total. The lowest BCUT2D eigenvalue weighted by atomic mass is 10.0. The summed E-state index contributed by atoms with van der Waals surface area (Å²) in [5, 5.41) is 4.16. The minimum atomic E-state index is 0.226. The predicted octanol–water partition coefficient (Wildman–Crippen LogP) is 3.94. The van der Waals surface area contributed by atoms with Gasteiger partial charge in [0.2, 0.25) is 0 Å². The Morgan fingerprint density at radius 3 is 2.74 bits per heavy atom. The fourth-order valence-corrected chi connectivity index (χ4v) is 2.31. The van der Waals surface area contributed by atoms with Crippen LogP contribution in [-0.2, 0) is 6.42 Å². The van der Waals surface area contributed by atoms with Crippen molar-refractivity contribution in [3.8, 4) is 0 Å². The summed E-state index contributed by atoms with van der Waals surface area (Å²) in [6.45, 7) is 5.15. The smallest absolute Gasteiger partial charge is 0.0589 e. The first-order valence-corrected chi connectivity index (χ1v) is 6.97. The van der Waals surface area contributed by atoms with Crippen LogP contribution in [0.4, 0.5) is 0 Å². The van der Waals surface area contributed by atoms with Crippen molar-refractivity contribution in [2.24, 2.45) is 0 Å². The fraction of sp³-hybridized carbons (Fsp3) is 0.312. The molecule has 1 aromatic heterocycles. The highest BCUT2D eigenvalue weighted by molar-refractivity contribution is 6.30. The standard InChI is InChI=1S/C16H19ClN2/c1-3-18-16(15-8-7-14(17)11-19-15)10-13-6-4-5-12(2)9-13/h4-9,11,16,18H,3,10H2,1-2H3. The fourth-order valence-electron chi connectivity index (χ4n) is 2.20. The molecule has 0 saturated carbocycles. The van der Waals surface area contributed by atoms with Gasteiger partial charge in [-0.2, -0.15) is 0 Å². The molecule has 0 radical (unpaired) electrons. The highest BCUT2D eigenvalue weighted by Gasteiger charge is 2.12. The molecule has 100 valence electrons. The summed E-state index contributed by atoms with van der Waals surface area (Å²) in [4.78, 5) is 4.42. The molecule has 0 amide bonds. The zero-order valence-electron chi connectivity index (χ0n) is 11.4. The van der Waals surface area contributed by atoms with Crippen molar-refractivity contribution in [1.82, 2.24) is 10.3 Å². The van der Waals surface area contributed by atoms with E-state index in [4.69, 9.17) is 11.6 Å². The van der Waals surface area contributed by atoms with E-state index in [1.54, 1.807) is 6.20 Å². The van der Waals surface area contributed by atoms with Gasteiger partial charge in [0.1, 0.15) is 0 Å². The van der Waals surface area contributed by atoms with Crippen LogP contribution >= 0.6 is 11.6 Å². The van der Waals surface area contributed by atoms with Crippen LogP contribution in [0.2, 0.25) is 5.02 Å². The lowest BCUT2D eigenvalue weighted by Crippen LogP contribution is -2.23. The molecule has 1 aromatic carbocycles. The molecule has 0 fully saturated rings. The average Bonchev–Trinajstić information content (AvgIpc) is 2.39. The molecule has 1 heterocycles. The molecule has 1 atom stereocenters. The Morgan fingerprint density at radius 2 is 2.11 bits per heavy atom. The zero-order valence-corrected chi connectivity index (χ0v) is 12.1. The molecule has 0 bridgehead atoms. The van der Waals surface area contributed by atoms with Crippen LogP contribution in [0.25, 0.3) is 0 Å². The number of rotatable bonds is 5. The lowest BCUT2D eigenvalue weighted by molar-refractivity contribution is 0.536. The van der Waals surface area contributed by atoms with Crippen molar-refractivity contribution in [1.29, 1.82) is 0 Å². The van der Waals surface area contributed by atoms with E-state index in [1.165, 1.54) is 11.1 Å². The third-order valence-electron chi connectivity index (χ3n) is 3.08. The summed E-state index contributed by atoms with van der Waals surface area (Å²) in [6.07, 6.45) is 2.64. The minimum absolute atomic E-state index is 0.226. The maximum absolute atomic E-state index is 5.89. The number of likely N-dealkylation sites (N-methyl/N-ethyl adjacent to an activating group) is 1. The van der Waals surface area contributed by atoms with Crippen LogP contribution in [0.3, 0.4) is 0 Å². The number of hydrogen-bond donors (Lipinski definition) is 1. The predicted molar refractivity (Wildman–Crippen MR) is 80.5 cm³/mol. The molecule has 19 heavy (non-hydrogen) atoms. The van der Waals surface area contributed by atoms with Gasteiger partial charge in [-0.15, -0.1) is 0 Å². The Balaban J connectivity index is 2.18. The van der Waals surface area contributed by atoms with Crippen molar-refractivity contribution in [3.05, 3.63) is 64.4 Å². The van der Waals surface area contributed by atoms with Crippen molar-refractivity contribution in [2.75, 3.05) is 6.54 Å². The molecule has 1 N–H and O–H groups in total. The third kappa shape index (κ3) is 4.05. The highest BCUT2D eigenvalue weighted by Crippen LogP contribution is 2.18. The molecule has 1 unspecified atom stereocenters.